The van der Waals surface area contributed by atoms with Crippen molar-refractivity contribution in [3.05, 3.63) is 11.6 Å². The molecule has 4 aliphatic rings. The fourth-order valence-corrected chi connectivity index (χ4v) is 9.91. The van der Waals surface area contributed by atoms with Gasteiger partial charge in [0.1, 0.15) is 0 Å². The average molecular weight is 689 g/mol. The standard InChI is InChI=1S/C34H60N2O10S/c1-25(32(37)36-13-15-42-17-19-44-21-23-45-22-20-43-18-16-41-14-12-35)29-6-7-30-28-5-4-26-24-27(46-47(38,39)40)8-10-33(26,2)31(28)9-11-34(29,30)3/h4,25,27-31H,5-24,35H2,1-3H3,(H,36,37)(H,38,39,40)/t25-,27+,28+,29-,30+,31+,33+,34-/m1/s1. The van der Waals surface area contributed by atoms with Gasteiger partial charge in [0, 0.05) is 19.0 Å². The Morgan fingerprint density at radius 1 is 0.894 bits per heavy atom. The molecule has 1 amide bonds. The number of nitrogens with one attached hydrogen (secondary N) is 1. The van der Waals surface area contributed by atoms with Crippen LogP contribution >= 0.6 is 0 Å². The molecule has 47 heavy (non-hydrogen) atoms. The molecule has 3 fully saturated rings. The van der Waals surface area contributed by atoms with E-state index in [0.717, 1.165) is 38.5 Å². The SMILES string of the molecule is C[C@@H](C(=O)NCCOCCOCCOCCOCCOCCN)[C@H]1CC[C@H]2[C@@H]3CC=C4C[C@@H](OS(=O)(=O)O)CC[C@]4(C)[C@H]3CC[C@]12C. The summed E-state index contributed by atoms with van der Waals surface area (Å²) in [6.07, 6.45) is 9.40. The smallest absolute Gasteiger partial charge is 0.378 e. The number of carbonyl (C=O) groups is 1. The van der Waals surface area contributed by atoms with Crippen molar-refractivity contribution in [1.29, 1.82) is 0 Å². The van der Waals surface area contributed by atoms with E-state index in [2.05, 4.69) is 32.2 Å². The predicted octanol–water partition coefficient (Wildman–Crippen LogP) is 3.55. The van der Waals surface area contributed by atoms with Crippen molar-refractivity contribution in [1.82, 2.24) is 5.32 Å². The van der Waals surface area contributed by atoms with Gasteiger partial charge >= 0.3 is 10.4 Å². The summed E-state index contributed by atoms with van der Waals surface area (Å²) in [4.78, 5) is 13.3. The molecule has 0 aliphatic heterocycles. The number of rotatable bonds is 21. The third kappa shape index (κ3) is 10.4. The zero-order valence-electron chi connectivity index (χ0n) is 28.8. The molecule has 0 spiro atoms. The average Bonchev–Trinajstić information content (AvgIpc) is 3.38. The van der Waals surface area contributed by atoms with Crippen LogP contribution in [0.15, 0.2) is 11.6 Å². The first-order chi connectivity index (χ1) is 22.5. The highest BCUT2D eigenvalue weighted by Gasteiger charge is 2.59. The highest BCUT2D eigenvalue weighted by molar-refractivity contribution is 7.80. The van der Waals surface area contributed by atoms with Crippen molar-refractivity contribution in [3.63, 3.8) is 0 Å². The van der Waals surface area contributed by atoms with Gasteiger partial charge in [-0.3, -0.25) is 9.35 Å². The Labute approximate surface area is 282 Å². The van der Waals surface area contributed by atoms with Gasteiger partial charge in [-0.25, -0.2) is 4.18 Å². The van der Waals surface area contributed by atoms with Gasteiger partial charge in [-0.2, -0.15) is 8.42 Å². The summed E-state index contributed by atoms with van der Waals surface area (Å²) in [7, 11) is -4.45. The van der Waals surface area contributed by atoms with Gasteiger partial charge in [0.05, 0.1) is 72.2 Å². The zero-order valence-corrected chi connectivity index (χ0v) is 29.6. The molecule has 0 aromatic rings. The van der Waals surface area contributed by atoms with Gasteiger partial charge in [0.2, 0.25) is 5.91 Å². The summed E-state index contributed by atoms with van der Waals surface area (Å²) < 4.78 is 64.1. The van der Waals surface area contributed by atoms with Crippen molar-refractivity contribution in [2.45, 2.75) is 78.2 Å². The van der Waals surface area contributed by atoms with Gasteiger partial charge in [-0.05, 0) is 85.9 Å². The van der Waals surface area contributed by atoms with Crippen LogP contribution in [0.25, 0.3) is 0 Å². The Morgan fingerprint density at radius 3 is 2.09 bits per heavy atom. The van der Waals surface area contributed by atoms with Gasteiger partial charge in [-0.1, -0.05) is 32.4 Å². The maximum Gasteiger partial charge on any atom is 0.397 e. The molecule has 0 aromatic heterocycles. The van der Waals surface area contributed by atoms with E-state index < -0.39 is 16.5 Å². The number of hydrogen-bond donors (Lipinski definition) is 3. The second kappa shape index (κ2) is 18.2. The van der Waals surface area contributed by atoms with Gasteiger partial charge in [0.25, 0.3) is 0 Å². The Bertz CT molecular complexity index is 1120. The zero-order chi connectivity index (χ0) is 33.9. The molecule has 0 unspecified atom stereocenters. The van der Waals surface area contributed by atoms with Crippen LogP contribution in [0.1, 0.15) is 72.1 Å². The molecule has 4 rings (SSSR count). The van der Waals surface area contributed by atoms with Gasteiger partial charge < -0.3 is 34.7 Å². The minimum Gasteiger partial charge on any atom is -0.378 e. The summed E-state index contributed by atoms with van der Waals surface area (Å²) in [6, 6.07) is 0. The monoisotopic (exact) mass is 688 g/mol. The van der Waals surface area contributed by atoms with Crippen LogP contribution in [0.4, 0.5) is 0 Å². The molecule has 3 saturated carbocycles. The van der Waals surface area contributed by atoms with E-state index in [9.17, 15) is 17.8 Å². The lowest BCUT2D eigenvalue weighted by Crippen LogP contribution is -2.51. The largest absolute Gasteiger partial charge is 0.397 e. The van der Waals surface area contributed by atoms with E-state index >= 15 is 0 Å². The second-order valence-corrected chi connectivity index (χ2v) is 15.4. The number of carbonyl (C=O) groups excluding carboxylic acids is 1. The van der Waals surface area contributed by atoms with Crippen LogP contribution in [0.3, 0.4) is 0 Å². The van der Waals surface area contributed by atoms with E-state index in [4.69, 9.17) is 33.6 Å². The summed E-state index contributed by atoms with van der Waals surface area (Å²) in [5.41, 5.74) is 6.83. The summed E-state index contributed by atoms with van der Waals surface area (Å²) in [6.45, 7) is 12.9. The summed E-state index contributed by atoms with van der Waals surface area (Å²) >= 11 is 0. The number of ether oxygens (including phenoxy) is 5. The van der Waals surface area contributed by atoms with Crippen LogP contribution in [0.2, 0.25) is 0 Å². The Kier molecular flexibility index (Phi) is 15.0. The first kappa shape index (κ1) is 38.6. The molecule has 0 aromatic carbocycles. The number of allylic oxidation sites excluding steroid dienone is 1. The third-order valence-corrected chi connectivity index (χ3v) is 12.2. The van der Waals surface area contributed by atoms with Crippen molar-refractivity contribution in [3.8, 4) is 0 Å². The van der Waals surface area contributed by atoms with E-state index in [1.165, 1.54) is 5.57 Å². The number of amides is 1. The molecule has 8 atom stereocenters. The number of nitrogens with two attached hydrogens (primary N) is 1. The molecule has 0 saturated heterocycles. The lowest BCUT2D eigenvalue weighted by Gasteiger charge is -2.58. The second-order valence-electron chi connectivity index (χ2n) is 14.3. The first-order valence-electron chi connectivity index (χ1n) is 17.7. The first-order valence-corrected chi connectivity index (χ1v) is 19.1. The minimum atomic E-state index is -4.45. The molecule has 12 nitrogen and oxygen atoms in total. The third-order valence-electron chi connectivity index (χ3n) is 11.7. The molecule has 13 heteroatoms. The van der Waals surface area contributed by atoms with Crippen LogP contribution in [-0.2, 0) is 43.1 Å². The van der Waals surface area contributed by atoms with Crippen LogP contribution < -0.4 is 11.1 Å². The minimum absolute atomic E-state index is 0.0410. The maximum atomic E-state index is 13.3. The number of hydrogen-bond acceptors (Lipinski definition) is 10. The Hall–Kier alpha value is -1.16. The van der Waals surface area contributed by atoms with Gasteiger partial charge in [0.15, 0.2) is 0 Å². The van der Waals surface area contributed by atoms with Crippen LogP contribution in [-0.4, -0.2) is 104 Å². The highest BCUT2D eigenvalue weighted by atomic mass is 32.3. The van der Waals surface area contributed by atoms with E-state index in [1.54, 1.807) is 0 Å². The highest BCUT2D eigenvalue weighted by Crippen LogP contribution is 2.67. The Balaban J connectivity index is 1.10. The van der Waals surface area contributed by atoms with Crippen LogP contribution in [0.5, 0.6) is 0 Å². The van der Waals surface area contributed by atoms with Crippen molar-refractivity contribution >= 4 is 16.3 Å². The molecule has 0 radical (unpaired) electrons. The van der Waals surface area contributed by atoms with Crippen molar-refractivity contribution < 1.29 is 45.6 Å². The molecular formula is C34H60N2O10S. The molecule has 0 bridgehead atoms. The summed E-state index contributed by atoms with van der Waals surface area (Å²) in [5, 5.41) is 3.11. The molecule has 4 aliphatic carbocycles. The fraction of sp³-hybridized carbons (Fsp3) is 0.912. The lowest BCUT2D eigenvalue weighted by atomic mass is 9.47. The van der Waals surface area contributed by atoms with Gasteiger partial charge in [-0.15, -0.1) is 0 Å². The predicted molar refractivity (Wildman–Crippen MR) is 177 cm³/mol. The fourth-order valence-electron chi connectivity index (χ4n) is 9.40. The summed E-state index contributed by atoms with van der Waals surface area (Å²) in [5.74, 6) is 2.12. The Morgan fingerprint density at radius 2 is 1.49 bits per heavy atom. The van der Waals surface area contributed by atoms with E-state index in [0.29, 0.717) is 116 Å². The van der Waals surface area contributed by atoms with Crippen LogP contribution in [0, 0.1) is 40.4 Å². The molecule has 0 heterocycles. The number of fused-ring (bicyclic) bond motifs is 5. The van der Waals surface area contributed by atoms with Crippen molar-refractivity contribution in [2.24, 2.45) is 46.2 Å². The quantitative estimate of drug-likeness (QED) is 0.0918. The molecule has 272 valence electrons. The van der Waals surface area contributed by atoms with E-state index in [1.807, 2.05) is 0 Å². The maximum absolute atomic E-state index is 13.3. The normalized spacial score (nSPS) is 32.6. The van der Waals surface area contributed by atoms with Crippen molar-refractivity contribution in [2.75, 3.05) is 79.2 Å². The lowest BCUT2D eigenvalue weighted by molar-refractivity contribution is -0.129. The van der Waals surface area contributed by atoms with E-state index in [-0.39, 0.29) is 22.7 Å². The molecular weight excluding hydrogens is 628 g/mol. The molecule has 4 N–H and O–H groups in total. The topological polar surface area (TPSA) is 165 Å².